The van der Waals surface area contributed by atoms with Crippen LogP contribution in [-0.2, 0) is 9.59 Å². The van der Waals surface area contributed by atoms with E-state index in [4.69, 9.17) is 5.11 Å². The molecule has 1 heterocycles. The molecule has 6 heteroatoms. The van der Waals surface area contributed by atoms with E-state index < -0.39 is 11.8 Å². The van der Waals surface area contributed by atoms with E-state index in [9.17, 15) is 14.0 Å². The molecular formula is C13H13FN2O3. The standard InChI is InChI=1S/C13H13FN2O3/c14-10-7-9(2-4-13(18)19)1-3-11(10)16-6-5-15-12(17)8-16/h1-4,7H,5-6,8H2,(H,15,17)(H,18,19)/b4-2+. The summed E-state index contributed by atoms with van der Waals surface area (Å²) in [5, 5.41) is 11.2. The number of carboxylic acid groups (broad SMARTS) is 1. The first kappa shape index (κ1) is 13.1. The van der Waals surface area contributed by atoms with E-state index in [1.807, 2.05) is 0 Å². The third-order valence-corrected chi connectivity index (χ3v) is 2.77. The fourth-order valence-corrected chi connectivity index (χ4v) is 1.90. The van der Waals surface area contributed by atoms with Gasteiger partial charge in [-0.15, -0.1) is 0 Å². The van der Waals surface area contributed by atoms with Crippen molar-refractivity contribution in [3.8, 4) is 0 Å². The number of amides is 1. The molecule has 1 fully saturated rings. The summed E-state index contributed by atoms with van der Waals surface area (Å²) in [6, 6.07) is 4.42. The Morgan fingerprint density at radius 3 is 2.89 bits per heavy atom. The Morgan fingerprint density at radius 2 is 2.26 bits per heavy atom. The third kappa shape index (κ3) is 3.31. The fourth-order valence-electron chi connectivity index (χ4n) is 1.90. The van der Waals surface area contributed by atoms with Crippen molar-refractivity contribution >= 4 is 23.6 Å². The van der Waals surface area contributed by atoms with E-state index in [0.29, 0.717) is 24.3 Å². The van der Waals surface area contributed by atoms with Gasteiger partial charge in [-0.3, -0.25) is 4.79 Å². The normalized spacial score (nSPS) is 15.6. The summed E-state index contributed by atoms with van der Waals surface area (Å²) in [6.07, 6.45) is 2.26. The lowest BCUT2D eigenvalue weighted by Crippen LogP contribution is -2.48. The molecule has 0 spiro atoms. The number of carbonyl (C=O) groups excluding carboxylic acids is 1. The maximum atomic E-state index is 13.9. The van der Waals surface area contributed by atoms with Gasteiger partial charge in [-0.1, -0.05) is 6.07 Å². The van der Waals surface area contributed by atoms with Crippen LogP contribution in [0.15, 0.2) is 24.3 Å². The number of carbonyl (C=O) groups is 2. The van der Waals surface area contributed by atoms with E-state index in [2.05, 4.69) is 5.32 Å². The maximum absolute atomic E-state index is 13.9. The highest BCUT2D eigenvalue weighted by atomic mass is 19.1. The van der Waals surface area contributed by atoms with Crippen LogP contribution in [0.25, 0.3) is 6.08 Å². The molecule has 1 aliphatic rings. The number of nitrogens with zero attached hydrogens (tertiary/aromatic N) is 1. The monoisotopic (exact) mass is 264 g/mol. The van der Waals surface area contributed by atoms with Crippen molar-refractivity contribution in [2.24, 2.45) is 0 Å². The summed E-state index contributed by atoms with van der Waals surface area (Å²) in [5.74, 6) is -1.69. The molecule has 1 saturated heterocycles. The molecule has 0 saturated carbocycles. The van der Waals surface area contributed by atoms with Gasteiger partial charge in [-0.25, -0.2) is 9.18 Å². The number of aliphatic carboxylic acids is 1. The average molecular weight is 264 g/mol. The predicted octanol–water partition coefficient (Wildman–Crippen LogP) is 0.860. The van der Waals surface area contributed by atoms with Gasteiger partial charge in [0.2, 0.25) is 5.91 Å². The zero-order valence-corrected chi connectivity index (χ0v) is 10.1. The molecule has 2 rings (SSSR count). The molecule has 0 unspecified atom stereocenters. The first-order chi connectivity index (χ1) is 9.06. The Balaban J connectivity index is 2.19. The van der Waals surface area contributed by atoms with Gasteiger partial charge >= 0.3 is 5.97 Å². The number of piperazine rings is 1. The summed E-state index contributed by atoms with van der Waals surface area (Å²) in [7, 11) is 0. The number of carboxylic acids is 1. The zero-order chi connectivity index (χ0) is 13.8. The van der Waals surface area contributed by atoms with Crippen molar-refractivity contribution in [1.82, 2.24) is 5.32 Å². The van der Waals surface area contributed by atoms with Crippen molar-refractivity contribution in [1.29, 1.82) is 0 Å². The lowest BCUT2D eigenvalue weighted by Gasteiger charge is -2.28. The first-order valence-corrected chi connectivity index (χ1v) is 5.78. The Hall–Kier alpha value is -2.37. The molecule has 1 aromatic rings. The fraction of sp³-hybridized carbons (Fsp3) is 0.231. The minimum absolute atomic E-state index is 0.126. The van der Waals surface area contributed by atoms with Gasteiger partial charge in [-0.2, -0.15) is 0 Å². The zero-order valence-electron chi connectivity index (χ0n) is 10.1. The van der Waals surface area contributed by atoms with Crippen molar-refractivity contribution in [2.75, 3.05) is 24.5 Å². The predicted molar refractivity (Wildman–Crippen MR) is 68.3 cm³/mol. The summed E-state index contributed by atoms with van der Waals surface area (Å²) in [5.41, 5.74) is 0.812. The second-order valence-electron chi connectivity index (χ2n) is 4.15. The van der Waals surface area contributed by atoms with Gasteiger partial charge in [0.15, 0.2) is 0 Å². The van der Waals surface area contributed by atoms with Gasteiger partial charge < -0.3 is 15.3 Å². The Labute approximate surface area is 109 Å². The smallest absolute Gasteiger partial charge is 0.328 e. The summed E-state index contributed by atoms with van der Waals surface area (Å²) in [4.78, 5) is 23.3. The minimum atomic E-state index is -1.09. The van der Waals surface area contributed by atoms with Crippen molar-refractivity contribution in [2.45, 2.75) is 0 Å². The molecule has 1 aromatic carbocycles. The number of halogens is 1. The molecule has 100 valence electrons. The van der Waals surface area contributed by atoms with Crippen LogP contribution >= 0.6 is 0 Å². The van der Waals surface area contributed by atoms with Crippen LogP contribution in [-0.4, -0.2) is 36.6 Å². The second-order valence-corrected chi connectivity index (χ2v) is 4.15. The number of benzene rings is 1. The van der Waals surface area contributed by atoms with Gasteiger partial charge in [0, 0.05) is 19.2 Å². The van der Waals surface area contributed by atoms with Crippen LogP contribution in [0.3, 0.4) is 0 Å². The summed E-state index contributed by atoms with van der Waals surface area (Å²) < 4.78 is 13.9. The van der Waals surface area contributed by atoms with E-state index in [0.717, 1.165) is 6.08 Å². The van der Waals surface area contributed by atoms with Crippen LogP contribution < -0.4 is 10.2 Å². The molecule has 0 atom stereocenters. The van der Waals surface area contributed by atoms with Crippen molar-refractivity contribution in [3.05, 3.63) is 35.7 Å². The van der Waals surface area contributed by atoms with E-state index >= 15 is 0 Å². The maximum Gasteiger partial charge on any atom is 0.328 e. The molecule has 0 aromatic heterocycles. The number of rotatable bonds is 3. The second kappa shape index (κ2) is 5.51. The molecule has 0 bridgehead atoms. The van der Waals surface area contributed by atoms with Crippen LogP contribution in [0.5, 0.6) is 0 Å². The van der Waals surface area contributed by atoms with E-state index in [1.54, 1.807) is 17.0 Å². The van der Waals surface area contributed by atoms with E-state index in [-0.39, 0.29) is 12.5 Å². The van der Waals surface area contributed by atoms with Crippen LogP contribution in [0, 0.1) is 5.82 Å². The third-order valence-electron chi connectivity index (χ3n) is 2.77. The van der Waals surface area contributed by atoms with Crippen LogP contribution in [0.4, 0.5) is 10.1 Å². The van der Waals surface area contributed by atoms with E-state index in [1.165, 1.54) is 12.1 Å². The lowest BCUT2D eigenvalue weighted by atomic mass is 10.1. The highest BCUT2D eigenvalue weighted by Crippen LogP contribution is 2.21. The number of anilines is 1. The Bertz CT molecular complexity index is 543. The number of nitrogens with one attached hydrogen (secondary N) is 1. The van der Waals surface area contributed by atoms with Gasteiger partial charge in [0.05, 0.1) is 12.2 Å². The highest BCUT2D eigenvalue weighted by Gasteiger charge is 2.19. The van der Waals surface area contributed by atoms with Crippen molar-refractivity contribution < 1.29 is 19.1 Å². The van der Waals surface area contributed by atoms with Crippen LogP contribution in [0.1, 0.15) is 5.56 Å². The highest BCUT2D eigenvalue weighted by molar-refractivity contribution is 5.85. The number of hydrogen-bond donors (Lipinski definition) is 2. The Morgan fingerprint density at radius 1 is 1.47 bits per heavy atom. The van der Waals surface area contributed by atoms with Gasteiger partial charge in [0.1, 0.15) is 5.82 Å². The van der Waals surface area contributed by atoms with Gasteiger partial charge in [0.25, 0.3) is 0 Å². The SMILES string of the molecule is O=C(O)/C=C/c1ccc(N2CCNC(=O)C2)c(F)c1. The molecule has 19 heavy (non-hydrogen) atoms. The summed E-state index contributed by atoms with van der Waals surface area (Å²) >= 11 is 0. The molecule has 1 aliphatic heterocycles. The molecule has 1 amide bonds. The largest absolute Gasteiger partial charge is 0.478 e. The molecule has 0 aliphatic carbocycles. The Kier molecular flexibility index (Phi) is 3.79. The minimum Gasteiger partial charge on any atom is -0.478 e. The van der Waals surface area contributed by atoms with Crippen LogP contribution in [0.2, 0.25) is 0 Å². The molecule has 0 radical (unpaired) electrons. The topological polar surface area (TPSA) is 69.6 Å². The lowest BCUT2D eigenvalue weighted by molar-refractivity contribution is -0.131. The molecule has 2 N–H and O–H groups in total. The molecular weight excluding hydrogens is 251 g/mol. The average Bonchev–Trinajstić information content (AvgIpc) is 2.36. The van der Waals surface area contributed by atoms with Crippen molar-refractivity contribution in [3.63, 3.8) is 0 Å². The van der Waals surface area contributed by atoms with Gasteiger partial charge in [-0.05, 0) is 23.8 Å². The summed E-state index contributed by atoms with van der Waals surface area (Å²) in [6.45, 7) is 1.16. The first-order valence-electron chi connectivity index (χ1n) is 5.78. The molecule has 5 nitrogen and oxygen atoms in total. The number of hydrogen-bond acceptors (Lipinski definition) is 3. The quantitative estimate of drug-likeness (QED) is 0.794.